The Morgan fingerprint density at radius 1 is 1.10 bits per heavy atom. The van der Waals surface area contributed by atoms with Crippen LogP contribution in [0.2, 0.25) is 0 Å². The van der Waals surface area contributed by atoms with Gasteiger partial charge in [0.15, 0.2) is 0 Å². The van der Waals surface area contributed by atoms with Crippen LogP contribution in [0, 0.1) is 0 Å². The first-order valence-electron chi connectivity index (χ1n) is 6.94. The number of carbonyl (C=O) groups excluding carboxylic acids is 1. The van der Waals surface area contributed by atoms with Crippen molar-refractivity contribution in [2.24, 2.45) is 0 Å². The van der Waals surface area contributed by atoms with Crippen LogP contribution >= 0.6 is 0 Å². The van der Waals surface area contributed by atoms with Crippen LogP contribution < -0.4 is 5.32 Å². The number of carbonyl (C=O) groups is 1. The second-order valence-electron chi connectivity index (χ2n) is 4.60. The molecule has 0 saturated heterocycles. The van der Waals surface area contributed by atoms with E-state index < -0.39 is 0 Å². The third-order valence-corrected chi connectivity index (χ3v) is 3.10. The molecule has 0 amide bonds. The van der Waals surface area contributed by atoms with E-state index >= 15 is 0 Å². The zero-order valence-electron chi connectivity index (χ0n) is 12.1. The van der Waals surface area contributed by atoms with Gasteiger partial charge < -0.3 is 10.1 Å². The molecular formula is C18H19NO2. The summed E-state index contributed by atoms with van der Waals surface area (Å²) in [7, 11) is 0. The lowest BCUT2D eigenvalue weighted by atomic mass is 9.99. The summed E-state index contributed by atoms with van der Waals surface area (Å²) in [5.41, 5.74) is 2.29. The van der Waals surface area contributed by atoms with Gasteiger partial charge in [-0.25, -0.2) is 4.79 Å². The monoisotopic (exact) mass is 281 g/mol. The van der Waals surface area contributed by atoms with Gasteiger partial charge in [0.05, 0.1) is 18.2 Å². The summed E-state index contributed by atoms with van der Waals surface area (Å²) < 4.78 is 5.07. The number of hydrogen-bond acceptors (Lipinski definition) is 3. The maximum absolute atomic E-state index is 12.0. The number of esters is 1. The van der Waals surface area contributed by atoms with E-state index in [9.17, 15) is 4.79 Å². The van der Waals surface area contributed by atoms with Gasteiger partial charge in [-0.15, -0.1) is 0 Å². The first kappa shape index (κ1) is 14.9. The Bertz CT molecular complexity index is 593. The van der Waals surface area contributed by atoms with E-state index in [0.717, 1.165) is 11.3 Å². The highest BCUT2D eigenvalue weighted by Crippen LogP contribution is 2.26. The van der Waals surface area contributed by atoms with Crippen LogP contribution in [0.4, 0.5) is 5.69 Å². The van der Waals surface area contributed by atoms with Gasteiger partial charge in [0.1, 0.15) is 0 Å². The molecule has 0 aliphatic heterocycles. The van der Waals surface area contributed by atoms with Crippen molar-refractivity contribution in [3.05, 3.63) is 78.4 Å². The number of benzene rings is 2. The molecule has 1 atom stereocenters. The quantitative estimate of drug-likeness (QED) is 0.643. The van der Waals surface area contributed by atoms with E-state index in [-0.39, 0.29) is 12.0 Å². The minimum Gasteiger partial charge on any atom is -0.463 e. The van der Waals surface area contributed by atoms with Crippen LogP contribution in [0.15, 0.2) is 72.8 Å². The first-order chi connectivity index (χ1) is 10.2. The number of para-hydroxylation sites is 1. The largest absolute Gasteiger partial charge is 0.463 e. The summed E-state index contributed by atoms with van der Waals surface area (Å²) in [4.78, 5) is 12.0. The summed E-state index contributed by atoms with van der Waals surface area (Å²) >= 11 is 0. The predicted molar refractivity (Wildman–Crippen MR) is 85.0 cm³/mol. The Morgan fingerprint density at radius 2 is 1.67 bits per heavy atom. The van der Waals surface area contributed by atoms with E-state index in [4.69, 9.17) is 4.74 Å². The molecule has 0 bridgehead atoms. The summed E-state index contributed by atoms with van der Waals surface area (Å²) in [6.07, 6.45) is 0. The van der Waals surface area contributed by atoms with Crippen LogP contribution in [0.1, 0.15) is 18.5 Å². The third kappa shape index (κ3) is 3.96. The fraction of sp³-hybridized carbons (Fsp3) is 0.167. The van der Waals surface area contributed by atoms with Crippen molar-refractivity contribution in [1.29, 1.82) is 0 Å². The van der Waals surface area contributed by atoms with Gasteiger partial charge in [-0.3, -0.25) is 0 Å². The first-order valence-corrected chi connectivity index (χ1v) is 6.94. The Kier molecular flexibility index (Phi) is 5.16. The fourth-order valence-corrected chi connectivity index (χ4v) is 2.06. The van der Waals surface area contributed by atoms with Gasteiger partial charge >= 0.3 is 5.97 Å². The highest BCUT2D eigenvalue weighted by atomic mass is 16.5. The molecule has 0 spiro atoms. The number of anilines is 1. The lowest BCUT2D eigenvalue weighted by molar-refractivity contribution is -0.138. The van der Waals surface area contributed by atoms with Crippen molar-refractivity contribution in [1.82, 2.24) is 0 Å². The molecule has 0 radical (unpaired) electrons. The van der Waals surface area contributed by atoms with E-state index in [1.807, 2.05) is 60.7 Å². The van der Waals surface area contributed by atoms with Gasteiger partial charge in [-0.2, -0.15) is 0 Å². The Morgan fingerprint density at radius 3 is 2.24 bits per heavy atom. The van der Waals surface area contributed by atoms with Crippen molar-refractivity contribution in [3.63, 3.8) is 0 Å². The molecule has 0 heterocycles. The summed E-state index contributed by atoms with van der Waals surface area (Å²) in [6, 6.07) is 19.2. The van der Waals surface area contributed by atoms with Gasteiger partial charge in [-0.05, 0) is 24.6 Å². The Labute approximate surface area is 125 Å². The van der Waals surface area contributed by atoms with Crippen LogP contribution in [0.25, 0.3) is 0 Å². The normalized spacial score (nSPS) is 11.5. The number of rotatable bonds is 6. The van der Waals surface area contributed by atoms with E-state index in [1.165, 1.54) is 0 Å². The maximum atomic E-state index is 12.0. The maximum Gasteiger partial charge on any atom is 0.335 e. The summed E-state index contributed by atoms with van der Waals surface area (Å²) in [5, 5.41) is 3.33. The van der Waals surface area contributed by atoms with Gasteiger partial charge in [0.2, 0.25) is 0 Å². The van der Waals surface area contributed by atoms with E-state index in [1.54, 1.807) is 6.92 Å². The van der Waals surface area contributed by atoms with Crippen molar-refractivity contribution < 1.29 is 9.53 Å². The minimum absolute atomic E-state index is 0.312. The number of ether oxygens (including phenoxy) is 1. The SMILES string of the molecule is C=C(C(=O)OCC)C(Nc1ccccc1)c1ccccc1. The molecule has 2 aromatic carbocycles. The van der Waals surface area contributed by atoms with Crippen molar-refractivity contribution >= 4 is 11.7 Å². The third-order valence-electron chi connectivity index (χ3n) is 3.10. The molecule has 0 aliphatic rings. The van der Waals surface area contributed by atoms with Crippen LogP contribution in [0.3, 0.4) is 0 Å². The van der Waals surface area contributed by atoms with E-state index in [2.05, 4.69) is 11.9 Å². The molecule has 0 fully saturated rings. The Balaban J connectivity index is 2.27. The molecular weight excluding hydrogens is 262 g/mol. The molecule has 0 saturated carbocycles. The zero-order chi connectivity index (χ0) is 15.1. The highest BCUT2D eigenvalue weighted by molar-refractivity contribution is 5.90. The second kappa shape index (κ2) is 7.29. The van der Waals surface area contributed by atoms with Crippen LogP contribution in [0.5, 0.6) is 0 Å². The van der Waals surface area contributed by atoms with Crippen LogP contribution in [-0.4, -0.2) is 12.6 Å². The van der Waals surface area contributed by atoms with E-state index in [0.29, 0.717) is 12.2 Å². The van der Waals surface area contributed by atoms with Crippen molar-refractivity contribution in [2.75, 3.05) is 11.9 Å². The molecule has 108 valence electrons. The van der Waals surface area contributed by atoms with Crippen LogP contribution in [-0.2, 0) is 9.53 Å². The summed E-state index contributed by atoms with van der Waals surface area (Å²) in [5.74, 6) is -0.380. The minimum atomic E-state index is -0.380. The average Bonchev–Trinajstić information content (AvgIpc) is 2.54. The molecule has 2 aromatic rings. The number of hydrogen-bond donors (Lipinski definition) is 1. The fourth-order valence-electron chi connectivity index (χ4n) is 2.06. The molecule has 1 N–H and O–H groups in total. The molecule has 3 heteroatoms. The lowest BCUT2D eigenvalue weighted by Gasteiger charge is -2.21. The Hall–Kier alpha value is -2.55. The molecule has 1 unspecified atom stereocenters. The molecule has 0 aliphatic carbocycles. The van der Waals surface area contributed by atoms with Crippen molar-refractivity contribution in [2.45, 2.75) is 13.0 Å². The highest BCUT2D eigenvalue weighted by Gasteiger charge is 2.21. The number of nitrogens with one attached hydrogen (secondary N) is 1. The predicted octanol–water partition coefficient (Wildman–Crippen LogP) is 3.96. The summed E-state index contributed by atoms with van der Waals surface area (Å²) in [6.45, 7) is 6.03. The average molecular weight is 281 g/mol. The second-order valence-corrected chi connectivity index (χ2v) is 4.60. The van der Waals surface area contributed by atoms with Gasteiger partial charge in [-0.1, -0.05) is 55.1 Å². The molecule has 21 heavy (non-hydrogen) atoms. The topological polar surface area (TPSA) is 38.3 Å². The zero-order valence-corrected chi connectivity index (χ0v) is 12.1. The van der Waals surface area contributed by atoms with Gasteiger partial charge in [0, 0.05) is 5.69 Å². The standard InChI is InChI=1S/C18H19NO2/c1-3-21-18(20)14(2)17(15-10-6-4-7-11-15)19-16-12-8-5-9-13-16/h4-13,17,19H,2-3H2,1H3. The lowest BCUT2D eigenvalue weighted by Crippen LogP contribution is -2.20. The molecule has 3 nitrogen and oxygen atoms in total. The molecule has 0 aromatic heterocycles. The smallest absolute Gasteiger partial charge is 0.335 e. The molecule has 2 rings (SSSR count). The van der Waals surface area contributed by atoms with Crippen molar-refractivity contribution in [3.8, 4) is 0 Å². The van der Waals surface area contributed by atoms with Gasteiger partial charge in [0.25, 0.3) is 0 Å².